The molecular weight excluding hydrogens is 274 g/mol. The van der Waals surface area contributed by atoms with Crippen molar-refractivity contribution in [3.05, 3.63) is 54.1 Å². The maximum absolute atomic E-state index is 13.5. The van der Waals surface area contributed by atoms with Gasteiger partial charge in [0, 0.05) is 23.4 Å². The van der Waals surface area contributed by atoms with Crippen molar-refractivity contribution >= 4 is 23.0 Å². The molecule has 0 saturated carbocycles. The summed E-state index contributed by atoms with van der Waals surface area (Å²) in [7, 11) is 0. The van der Waals surface area contributed by atoms with Crippen molar-refractivity contribution in [2.75, 3.05) is 10.6 Å². The van der Waals surface area contributed by atoms with Crippen molar-refractivity contribution in [2.24, 2.45) is 5.92 Å². The second kappa shape index (κ2) is 6.35. The molecule has 2 N–H and O–H groups in total. The third-order valence-corrected chi connectivity index (χ3v) is 2.89. The molecule has 0 unspecified atom stereocenters. The van der Waals surface area contributed by atoms with E-state index in [-0.39, 0.29) is 17.5 Å². The van der Waals surface area contributed by atoms with E-state index in [0.717, 1.165) is 6.07 Å². The van der Waals surface area contributed by atoms with Gasteiger partial charge in [0.2, 0.25) is 5.91 Å². The molecule has 0 spiro atoms. The molecule has 0 aromatic heterocycles. The summed E-state index contributed by atoms with van der Waals surface area (Å²) in [6.45, 7) is 3.62. The molecule has 3 nitrogen and oxygen atoms in total. The lowest BCUT2D eigenvalue weighted by Crippen LogP contribution is -2.17. The van der Waals surface area contributed by atoms with E-state index in [1.807, 2.05) is 13.8 Å². The highest BCUT2D eigenvalue weighted by atomic mass is 19.1. The Morgan fingerprint density at radius 1 is 1.00 bits per heavy atom. The Bertz CT molecular complexity index is 639. The lowest BCUT2D eigenvalue weighted by atomic mass is 10.2. The summed E-state index contributed by atoms with van der Waals surface area (Å²) in [6, 6.07) is 10.2. The van der Waals surface area contributed by atoms with Gasteiger partial charge in [-0.1, -0.05) is 13.8 Å². The van der Waals surface area contributed by atoms with Crippen molar-refractivity contribution in [3.8, 4) is 0 Å². The number of rotatable bonds is 4. The molecule has 0 aliphatic carbocycles. The molecule has 0 bridgehead atoms. The van der Waals surface area contributed by atoms with Gasteiger partial charge in [-0.15, -0.1) is 0 Å². The van der Waals surface area contributed by atoms with Crippen molar-refractivity contribution in [3.63, 3.8) is 0 Å². The van der Waals surface area contributed by atoms with E-state index in [0.29, 0.717) is 11.4 Å². The summed E-state index contributed by atoms with van der Waals surface area (Å²) < 4.78 is 26.3. The van der Waals surface area contributed by atoms with Gasteiger partial charge < -0.3 is 10.6 Å². The van der Waals surface area contributed by atoms with Gasteiger partial charge in [-0.3, -0.25) is 4.79 Å². The minimum Gasteiger partial charge on any atom is -0.353 e. The first-order valence-corrected chi connectivity index (χ1v) is 6.58. The number of halogens is 2. The van der Waals surface area contributed by atoms with Crippen molar-refractivity contribution in [2.45, 2.75) is 13.8 Å². The predicted molar refractivity (Wildman–Crippen MR) is 79.6 cm³/mol. The van der Waals surface area contributed by atoms with Gasteiger partial charge in [0.15, 0.2) is 0 Å². The molecule has 21 heavy (non-hydrogen) atoms. The summed E-state index contributed by atoms with van der Waals surface area (Å²) in [4.78, 5) is 11.6. The minimum atomic E-state index is -0.660. The van der Waals surface area contributed by atoms with E-state index in [4.69, 9.17) is 0 Å². The molecular formula is C16H16F2N2O. The number of hydrogen-bond donors (Lipinski definition) is 2. The summed E-state index contributed by atoms with van der Waals surface area (Å²) in [5.74, 6) is -1.45. The lowest BCUT2D eigenvalue weighted by Gasteiger charge is -2.10. The van der Waals surface area contributed by atoms with Crippen molar-refractivity contribution in [1.82, 2.24) is 0 Å². The van der Waals surface area contributed by atoms with Crippen LogP contribution in [-0.2, 0) is 4.79 Å². The van der Waals surface area contributed by atoms with Crippen LogP contribution in [0.15, 0.2) is 42.5 Å². The van der Waals surface area contributed by atoms with Gasteiger partial charge in [0.25, 0.3) is 0 Å². The maximum Gasteiger partial charge on any atom is 0.226 e. The number of anilines is 3. The number of nitrogens with one attached hydrogen (secondary N) is 2. The molecule has 110 valence electrons. The second-order valence-corrected chi connectivity index (χ2v) is 4.97. The largest absolute Gasteiger partial charge is 0.353 e. The van der Waals surface area contributed by atoms with Gasteiger partial charge in [0.1, 0.15) is 11.6 Å². The molecule has 0 fully saturated rings. The van der Waals surface area contributed by atoms with Gasteiger partial charge in [-0.2, -0.15) is 0 Å². The van der Waals surface area contributed by atoms with Crippen LogP contribution in [0, 0.1) is 17.6 Å². The number of benzene rings is 2. The van der Waals surface area contributed by atoms with Crippen LogP contribution in [0.1, 0.15) is 13.8 Å². The van der Waals surface area contributed by atoms with Crippen LogP contribution >= 0.6 is 0 Å². The van der Waals surface area contributed by atoms with Crippen molar-refractivity contribution in [1.29, 1.82) is 0 Å². The van der Waals surface area contributed by atoms with E-state index in [1.54, 1.807) is 24.3 Å². The SMILES string of the molecule is CC(C)C(=O)Nc1ccc(Nc2ccc(F)cc2F)cc1. The first kappa shape index (κ1) is 15.0. The molecule has 0 aliphatic rings. The van der Waals surface area contributed by atoms with E-state index in [9.17, 15) is 13.6 Å². The first-order chi connectivity index (χ1) is 9.95. The van der Waals surface area contributed by atoms with Crippen LogP contribution in [0.25, 0.3) is 0 Å². The van der Waals surface area contributed by atoms with E-state index >= 15 is 0 Å². The van der Waals surface area contributed by atoms with Gasteiger partial charge >= 0.3 is 0 Å². The molecule has 0 radical (unpaired) electrons. The van der Waals surface area contributed by atoms with Crippen molar-refractivity contribution < 1.29 is 13.6 Å². The van der Waals surface area contributed by atoms with Crippen LogP contribution in [0.5, 0.6) is 0 Å². The van der Waals surface area contributed by atoms with E-state index in [1.165, 1.54) is 12.1 Å². The Kier molecular flexibility index (Phi) is 4.52. The molecule has 5 heteroatoms. The first-order valence-electron chi connectivity index (χ1n) is 6.58. The zero-order chi connectivity index (χ0) is 15.4. The Hall–Kier alpha value is -2.43. The fourth-order valence-corrected chi connectivity index (χ4v) is 1.67. The van der Waals surface area contributed by atoms with Gasteiger partial charge in [-0.05, 0) is 36.4 Å². The minimum absolute atomic E-state index is 0.0692. The quantitative estimate of drug-likeness (QED) is 0.881. The Morgan fingerprint density at radius 2 is 1.62 bits per heavy atom. The molecule has 2 aromatic rings. The monoisotopic (exact) mass is 290 g/mol. The standard InChI is InChI=1S/C16H16F2N2O/c1-10(2)16(21)20-13-6-4-12(5-7-13)19-15-8-3-11(17)9-14(15)18/h3-10,19H,1-2H3,(H,20,21). The van der Waals surface area contributed by atoms with Gasteiger partial charge in [-0.25, -0.2) is 8.78 Å². The molecule has 1 amide bonds. The Labute approximate surface area is 122 Å². The van der Waals surface area contributed by atoms with Crippen LogP contribution in [0.4, 0.5) is 25.8 Å². The average Bonchev–Trinajstić information content (AvgIpc) is 2.43. The fourth-order valence-electron chi connectivity index (χ4n) is 1.67. The summed E-state index contributed by atoms with van der Waals surface area (Å²) in [5, 5.41) is 5.61. The summed E-state index contributed by atoms with van der Waals surface area (Å²) >= 11 is 0. The van der Waals surface area contributed by atoms with Crippen LogP contribution in [0.2, 0.25) is 0 Å². The number of carbonyl (C=O) groups excluding carboxylic acids is 1. The van der Waals surface area contributed by atoms with E-state index in [2.05, 4.69) is 10.6 Å². The second-order valence-electron chi connectivity index (χ2n) is 4.97. The fraction of sp³-hybridized carbons (Fsp3) is 0.188. The molecule has 2 rings (SSSR count). The smallest absolute Gasteiger partial charge is 0.226 e. The zero-order valence-electron chi connectivity index (χ0n) is 11.8. The molecule has 2 aromatic carbocycles. The summed E-state index contributed by atoms with van der Waals surface area (Å²) in [6.07, 6.45) is 0. The van der Waals surface area contributed by atoms with Crippen LogP contribution in [-0.4, -0.2) is 5.91 Å². The number of hydrogen-bond acceptors (Lipinski definition) is 2. The molecule has 0 aliphatic heterocycles. The Balaban J connectivity index is 2.07. The number of carbonyl (C=O) groups is 1. The number of amides is 1. The normalized spacial score (nSPS) is 10.5. The lowest BCUT2D eigenvalue weighted by molar-refractivity contribution is -0.118. The highest BCUT2D eigenvalue weighted by Gasteiger charge is 2.07. The van der Waals surface area contributed by atoms with E-state index < -0.39 is 11.6 Å². The average molecular weight is 290 g/mol. The van der Waals surface area contributed by atoms with Crippen LogP contribution < -0.4 is 10.6 Å². The maximum atomic E-state index is 13.5. The third-order valence-electron chi connectivity index (χ3n) is 2.89. The third kappa shape index (κ3) is 4.02. The molecule has 0 heterocycles. The van der Waals surface area contributed by atoms with Gasteiger partial charge in [0.05, 0.1) is 5.69 Å². The predicted octanol–water partition coefficient (Wildman–Crippen LogP) is 4.30. The highest BCUT2D eigenvalue weighted by molar-refractivity contribution is 5.92. The Morgan fingerprint density at radius 3 is 2.19 bits per heavy atom. The molecule has 0 saturated heterocycles. The molecule has 0 atom stereocenters. The zero-order valence-corrected chi connectivity index (χ0v) is 11.8. The topological polar surface area (TPSA) is 41.1 Å². The summed E-state index contributed by atoms with van der Waals surface area (Å²) in [5.41, 5.74) is 1.50. The van der Waals surface area contributed by atoms with Crippen LogP contribution in [0.3, 0.4) is 0 Å². The highest BCUT2D eigenvalue weighted by Crippen LogP contribution is 2.22.